The van der Waals surface area contributed by atoms with Crippen molar-refractivity contribution < 1.29 is 14.4 Å². The monoisotopic (exact) mass is 1410 g/mol. The van der Waals surface area contributed by atoms with Gasteiger partial charge in [-0.3, -0.25) is 28.4 Å². The van der Waals surface area contributed by atoms with Gasteiger partial charge in [0.2, 0.25) is 0 Å². The highest BCUT2D eigenvalue weighted by Crippen LogP contribution is 2.44. The molecule has 0 radical (unpaired) electrons. The zero-order chi connectivity index (χ0) is 73.7. The zero-order valence-corrected chi connectivity index (χ0v) is 58.7. The van der Waals surface area contributed by atoms with Crippen LogP contribution in [0.2, 0.25) is 0 Å². The van der Waals surface area contributed by atoms with Gasteiger partial charge >= 0.3 is 0 Å². The lowest BCUT2D eigenvalue weighted by Gasteiger charge is -2.53. The smallest absolute Gasteiger partial charge is 0.298 e. The van der Waals surface area contributed by atoms with Crippen molar-refractivity contribution in [3.8, 4) is 122 Å². The Morgan fingerprint density at radius 3 is 1.08 bits per heavy atom. The number of terminal acetylenes is 3. The molecule has 2 aliphatic carbocycles. The maximum atomic E-state index is 12.1. The summed E-state index contributed by atoms with van der Waals surface area (Å²) < 4.78 is 10.5. The van der Waals surface area contributed by atoms with E-state index in [1.54, 1.807) is 68.4 Å². The highest BCUT2D eigenvalue weighted by molar-refractivity contribution is 5.95. The van der Waals surface area contributed by atoms with Crippen LogP contribution in [0.3, 0.4) is 0 Å². The average Bonchev–Trinajstić information content (AvgIpc) is 1.75. The summed E-state index contributed by atoms with van der Waals surface area (Å²) in [7, 11) is 5.63. The molecule has 6 atom stereocenters. The third kappa shape index (κ3) is 13.0. The second-order valence-electron chi connectivity index (χ2n) is 28.3. The summed E-state index contributed by atoms with van der Waals surface area (Å²) in [6, 6.07) is 26.0. The van der Waals surface area contributed by atoms with Crippen LogP contribution in [0.15, 0.2) is 148 Å². The van der Waals surface area contributed by atoms with E-state index in [0.717, 1.165) is 146 Å². The number of fused-ring (bicyclic) bond motifs is 9. The van der Waals surface area contributed by atoms with Crippen LogP contribution in [0.1, 0.15) is 61.6 Å². The maximum absolute atomic E-state index is 12.1. The topological polar surface area (TPSA) is 312 Å². The number of rotatable bonds is 12. The first-order valence-corrected chi connectivity index (χ1v) is 35.3. The average molecular weight is 1420 g/mol. The minimum atomic E-state index is -0.225. The molecule has 12 aromatic heterocycles. The number of aryl methyl sites for hydroxylation is 3. The minimum absolute atomic E-state index is 0.193. The van der Waals surface area contributed by atoms with Gasteiger partial charge in [0.05, 0.1) is 70.4 Å². The van der Waals surface area contributed by atoms with E-state index in [0.29, 0.717) is 66.5 Å². The number of piperidine rings is 4. The fourth-order valence-electron chi connectivity index (χ4n) is 16.7. The van der Waals surface area contributed by atoms with Gasteiger partial charge in [-0.25, -0.2) is 28.5 Å². The molecule has 3 N–H and O–H groups in total. The molecular weight excluding hydrogens is 1350 g/mol. The van der Waals surface area contributed by atoms with Gasteiger partial charge in [-0.15, -0.1) is 19.3 Å². The Morgan fingerprint density at radius 2 is 0.757 bits per heavy atom. The van der Waals surface area contributed by atoms with E-state index in [-0.39, 0.29) is 47.9 Å². The summed E-state index contributed by atoms with van der Waals surface area (Å²) in [5.41, 5.74) is 14.8. The number of amides is 3. The lowest BCUT2D eigenvalue weighted by molar-refractivity contribution is -0.132. The normalized spacial score (nSPS) is 20.7. The Hall–Kier alpha value is -13.9. The lowest BCUT2D eigenvalue weighted by Crippen LogP contribution is -2.62. The van der Waals surface area contributed by atoms with Crippen LogP contribution in [-0.4, -0.2) is 162 Å². The van der Waals surface area contributed by atoms with E-state index in [2.05, 4.69) is 99.6 Å². The quantitative estimate of drug-likeness (QED) is 0.0962. The standard InChI is InChI=1S/2C27H24N8O.C26H22N8O/c1-3-26(36)35-22-5-6-23(35)10-21(9-22)32-25-7-4-17(12-29-25)24-8-18(20-14-30-33(2)15-20)16-34-27(24)19(11-28)13-31-34;1-3-25(36)34-14-18-4-5-19(15-34)26(18)32-24-7-6-17(10-29-24)23-8-20(22-12-30-33(2)13-22)16-35-27(23)21(9-28)11-31-35;1-3-24(35)33-13-18-6-19(14-33)25(18)31-23-5-4-16(9-28-23)22-7-17(21-11-29-32(2)12-21)15-34-26(22)20(8-27)10-30-34/h1,4,7-8,12-16,21-23H,5-6,9-10H2,2H3,(H,29,32);1,6-8,10-13,16,18-19,26H,4-5,14-15H2,2H3,(H,29,32);1,4-5,7,9-12,15,18-19,25H,6,13-14H2,2H3,(H,28,31). The van der Waals surface area contributed by atoms with Gasteiger partial charge in [-0.05, 0) is 141 Å². The molecule has 3 amide bonds. The first-order valence-electron chi connectivity index (χ1n) is 35.3. The number of nitriles is 3. The maximum Gasteiger partial charge on any atom is 0.298 e. The molecule has 27 nitrogen and oxygen atoms in total. The van der Waals surface area contributed by atoms with Gasteiger partial charge < -0.3 is 30.7 Å². The van der Waals surface area contributed by atoms with Gasteiger partial charge in [-0.1, -0.05) is 0 Å². The molecule has 0 aromatic carbocycles. The number of aromatic nitrogens is 15. The fraction of sp³-hybridized carbons (Fsp3) is 0.287. The van der Waals surface area contributed by atoms with Crippen LogP contribution in [-0.2, 0) is 35.5 Å². The molecule has 19 rings (SSSR count). The van der Waals surface area contributed by atoms with Gasteiger partial charge in [0.25, 0.3) is 17.7 Å². The zero-order valence-electron chi connectivity index (χ0n) is 58.7. The van der Waals surface area contributed by atoms with Crippen LogP contribution >= 0.6 is 0 Å². The van der Waals surface area contributed by atoms with Gasteiger partial charge in [0.15, 0.2) is 0 Å². The summed E-state index contributed by atoms with van der Waals surface area (Å²) in [5, 5.41) is 65.7. The first-order chi connectivity index (χ1) is 52.1. The Bertz CT molecular complexity index is 5710. The second kappa shape index (κ2) is 28.0. The van der Waals surface area contributed by atoms with Gasteiger partial charge in [0.1, 0.15) is 35.7 Å². The molecule has 6 unspecified atom stereocenters. The lowest BCUT2D eigenvalue weighted by atomic mass is 9.66. The van der Waals surface area contributed by atoms with Crippen molar-refractivity contribution in [3.05, 3.63) is 164 Å². The number of carbonyl (C=O) groups excluding carboxylic acids is 3. The Balaban J connectivity index is 0.000000123. The van der Waals surface area contributed by atoms with Crippen molar-refractivity contribution in [2.75, 3.05) is 42.1 Å². The van der Waals surface area contributed by atoms with Crippen LogP contribution in [0.5, 0.6) is 0 Å². The number of anilines is 3. The van der Waals surface area contributed by atoms with Crippen LogP contribution < -0.4 is 16.0 Å². The van der Waals surface area contributed by atoms with Crippen LogP contribution in [0.25, 0.3) is 83.3 Å². The summed E-state index contributed by atoms with van der Waals surface area (Å²) >= 11 is 0. The van der Waals surface area contributed by atoms with Gasteiger partial charge in [0, 0.05) is 200 Å². The van der Waals surface area contributed by atoms with E-state index in [1.165, 1.54) is 0 Å². The highest BCUT2D eigenvalue weighted by Gasteiger charge is 2.48. The summed E-state index contributed by atoms with van der Waals surface area (Å²) in [6.45, 7) is 2.75. The summed E-state index contributed by atoms with van der Waals surface area (Å²) in [4.78, 5) is 55.5. The van der Waals surface area contributed by atoms with Crippen LogP contribution in [0, 0.1) is 94.7 Å². The third-order valence-corrected chi connectivity index (χ3v) is 21.8. The number of pyridine rings is 6. The van der Waals surface area contributed by atoms with Crippen molar-refractivity contribution in [1.29, 1.82) is 15.8 Å². The molecule has 17 heterocycles. The minimum Gasteiger partial charge on any atom is -0.367 e. The number of likely N-dealkylation sites (tertiary alicyclic amines) is 1. The van der Waals surface area contributed by atoms with Crippen molar-refractivity contribution in [3.63, 3.8) is 0 Å². The Labute approximate surface area is 615 Å². The van der Waals surface area contributed by atoms with E-state index in [1.807, 2.05) is 130 Å². The van der Waals surface area contributed by atoms with Gasteiger partial charge in [-0.2, -0.15) is 46.4 Å². The number of hydrogen-bond acceptors (Lipinski definition) is 18. The molecule has 528 valence electrons. The molecule has 107 heavy (non-hydrogen) atoms. The molecule has 7 fully saturated rings. The molecule has 7 aliphatic rings. The second-order valence-corrected chi connectivity index (χ2v) is 28.3. The van der Waals surface area contributed by atoms with Crippen LogP contribution in [0.4, 0.5) is 17.5 Å². The Morgan fingerprint density at radius 1 is 0.402 bits per heavy atom. The molecule has 2 saturated carbocycles. The SMILES string of the molecule is C#CC(=O)N1C2CCC1CC(Nc1ccc(-c3cc(-c4cnn(C)c4)cn4ncc(C#N)c34)cn1)C2.C#CC(=O)N1CC2CC(C1)C2Nc1ccc(-c2cc(-c3cnn(C)c3)cn3ncc(C#N)c23)cn1.C#CC(=O)N1CC2CCC(C1)C2Nc1ccc(-c2cc(-c3cnn(C)c3)cn3ncc(C#N)c23)cn1. The first kappa shape index (κ1) is 67.6. The summed E-state index contributed by atoms with van der Waals surface area (Å²) in [5.74, 6) is 9.98. The van der Waals surface area contributed by atoms with E-state index < -0.39 is 0 Å². The predicted octanol–water partition coefficient (Wildman–Crippen LogP) is 8.75. The van der Waals surface area contributed by atoms with E-state index in [4.69, 9.17) is 29.2 Å². The van der Waals surface area contributed by atoms with Crippen molar-refractivity contribution in [1.82, 2.24) is 87.8 Å². The van der Waals surface area contributed by atoms with Crippen molar-refractivity contribution in [2.45, 2.75) is 75.2 Å². The molecular formula is C80H70N24O3. The number of nitrogens with zero attached hydrogens (tertiary/aromatic N) is 21. The highest BCUT2D eigenvalue weighted by atomic mass is 16.2. The number of carbonyl (C=O) groups is 3. The molecule has 5 aliphatic heterocycles. The Kier molecular flexibility index (Phi) is 17.7. The molecule has 0 spiro atoms. The number of nitrogens with one attached hydrogen (secondary N) is 3. The molecule has 6 bridgehead atoms. The largest absolute Gasteiger partial charge is 0.367 e. The third-order valence-electron chi connectivity index (χ3n) is 21.8. The predicted molar refractivity (Wildman–Crippen MR) is 399 cm³/mol. The van der Waals surface area contributed by atoms with Crippen molar-refractivity contribution in [2.24, 2.45) is 44.8 Å². The fourth-order valence-corrected chi connectivity index (χ4v) is 16.7. The molecule has 5 saturated heterocycles. The van der Waals surface area contributed by atoms with E-state index in [9.17, 15) is 30.2 Å². The molecule has 12 aromatic rings. The molecule has 27 heteroatoms. The summed E-state index contributed by atoms with van der Waals surface area (Å²) in [6.07, 6.45) is 50.2. The van der Waals surface area contributed by atoms with Crippen molar-refractivity contribution >= 4 is 51.7 Å². The van der Waals surface area contributed by atoms with E-state index >= 15 is 0 Å². The number of hydrogen-bond donors (Lipinski definition) is 3.